The molecular weight excluding hydrogens is 551 g/mol. The van der Waals surface area contributed by atoms with Gasteiger partial charge in [0.1, 0.15) is 17.1 Å². The molecule has 0 radical (unpaired) electrons. The van der Waals surface area contributed by atoms with Gasteiger partial charge in [-0.05, 0) is 79.8 Å². The van der Waals surface area contributed by atoms with Gasteiger partial charge in [-0.3, -0.25) is 9.20 Å². The third-order valence-electron chi connectivity index (χ3n) is 7.98. The number of hydrogen-bond acceptors (Lipinski definition) is 8. The molecule has 1 aliphatic rings. The van der Waals surface area contributed by atoms with Crippen molar-refractivity contribution in [2.24, 2.45) is 0 Å². The van der Waals surface area contributed by atoms with Crippen molar-refractivity contribution in [3.8, 4) is 11.3 Å². The van der Waals surface area contributed by atoms with Crippen LogP contribution in [0.4, 0.5) is 14.9 Å². The molecule has 11 heteroatoms. The molecule has 232 valence electrons. The Hall–Kier alpha value is -3.83. The Bertz CT molecular complexity index is 1540. The molecule has 3 aromatic rings. The number of anilines is 1. The fourth-order valence-electron chi connectivity index (χ4n) is 5.21. The van der Waals surface area contributed by atoms with Crippen LogP contribution in [-0.2, 0) is 16.0 Å². The highest BCUT2D eigenvalue weighted by atomic mass is 19.1. The van der Waals surface area contributed by atoms with Crippen LogP contribution in [0.3, 0.4) is 0 Å². The summed E-state index contributed by atoms with van der Waals surface area (Å²) >= 11 is 0. The molecule has 10 nitrogen and oxygen atoms in total. The fraction of sp³-hybridized carbons (Fsp3) is 0.500. The number of benzene rings is 1. The van der Waals surface area contributed by atoms with E-state index in [0.29, 0.717) is 46.0 Å². The number of carbonyl (C=O) groups is 2. The van der Waals surface area contributed by atoms with E-state index >= 15 is 0 Å². The number of nitrogens with zero attached hydrogens (tertiary/aromatic N) is 4. The van der Waals surface area contributed by atoms with Crippen molar-refractivity contribution in [1.82, 2.24) is 19.2 Å². The standard InChI is InChI=1S/C32H43FN6O4/c1-10-15-42-20(3)32(7,28(34)19(2)37(8)9)36-24-12-11-22(25-17-35-26-16-21(33)13-14-38(25)26)23-18-39(29(40)27(23)24)30(41)43-31(4,5)6/h11-14,16-17,19-20,34,36H,10,15,18H2,1-9H3/t19-,20?,32-/m0/s1. The number of imidazole rings is 1. The van der Waals surface area contributed by atoms with E-state index in [1.54, 1.807) is 43.6 Å². The van der Waals surface area contributed by atoms with Crippen LogP contribution in [-0.4, -0.2) is 80.9 Å². The Labute approximate surface area is 252 Å². The van der Waals surface area contributed by atoms with E-state index in [1.165, 1.54) is 12.1 Å². The minimum absolute atomic E-state index is 0.0213. The number of ether oxygens (including phenoxy) is 2. The Morgan fingerprint density at radius 1 is 1.21 bits per heavy atom. The maximum atomic E-state index is 14.0. The molecule has 0 spiro atoms. The average Bonchev–Trinajstić information content (AvgIpc) is 3.51. The van der Waals surface area contributed by atoms with Crippen LogP contribution in [0.2, 0.25) is 0 Å². The lowest BCUT2D eigenvalue weighted by molar-refractivity contribution is 0.0248. The Morgan fingerprint density at radius 2 is 1.91 bits per heavy atom. The zero-order valence-electron chi connectivity index (χ0n) is 26.5. The van der Waals surface area contributed by atoms with Gasteiger partial charge in [-0.15, -0.1) is 0 Å². The van der Waals surface area contributed by atoms with E-state index in [2.05, 4.69) is 10.3 Å². The van der Waals surface area contributed by atoms with Gasteiger partial charge >= 0.3 is 6.09 Å². The molecule has 0 bridgehead atoms. The average molecular weight is 595 g/mol. The maximum Gasteiger partial charge on any atom is 0.417 e. The van der Waals surface area contributed by atoms with Crippen molar-refractivity contribution < 1.29 is 23.5 Å². The summed E-state index contributed by atoms with van der Waals surface area (Å²) in [6, 6.07) is 6.08. The number of fused-ring (bicyclic) bond motifs is 2. The molecule has 3 atom stereocenters. The topological polar surface area (TPSA) is 112 Å². The minimum Gasteiger partial charge on any atom is -0.443 e. The predicted octanol–water partition coefficient (Wildman–Crippen LogP) is 5.99. The number of rotatable bonds is 10. The number of halogens is 1. The van der Waals surface area contributed by atoms with Crippen molar-refractivity contribution in [2.45, 2.75) is 84.7 Å². The minimum atomic E-state index is -1.01. The Balaban J connectivity index is 1.87. The largest absolute Gasteiger partial charge is 0.443 e. The van der Waals surface area contributed by atoms with E-state index < -0.39 is 35.1 Å². The summed E-state index contributed by atoms with van der Waals surface area (Å²) in [7, 11) is 3.82. The zero-order chi connectivity index (χ0) is 31.9. The summed E-state index contributed by atoms with van der Waals surface area (Å²) in [6.45, 7) is 13.5. The van der Waals surface area contributed by atoms with E-state index in [-0.39, 0.29) is 12.6 Å². The smallest absolute Gasteiger partial charge is 0.417 e. The first-order valence-electron chi connectivity index (χ1n) is 14.6. The van der Waals surface area contributed by atoms with Crippen LogP contribution in [0.1, 0.15) is 70.8 Å². The third kappa shape index (κ3) is 6.28. The second-order valence-corrected chi connectivity index (χ2v) is 12.5. The summed E-state index contributed by atoms with van der Waals surface area (Å²) in [6.07, 6.45) is 2.85. The number of nitrogens with one attached hydrogen (secondary N) is 2. The Kier molecular flexibility index (Phi) is 8.99. The number of carbonyl (C=O) groups excluding carboxylic acids is 2. The van der Waals surface area contributed by atoms with Gasteiger partial charge in [0.05, 0.1) is 41.4 Å². The van der Waals surface area contributed by atoms with Crippen LogP contribution in [0.25, 0.3) is 16.9 Å². The first kappa shape index (κ1) is 32.1. The van der Waals surface area contributed by atoms with Crippen molar-refractivity contribution in [3.63, 3.8) is 0 Å². The quantitative estimate of drug-likeness (QED) is 0.278. The summed E-state index contributed by atoms with van der Waals surface area (Å²) in [5.74, 6) is -0.918. The second-order valence-electron chi connectivity index (χ2n) is 12.5. The highest BCUT2D eigenvalue weighted by Gasteiger charge is 2.43. The SMILES string of the molecule is CCCOC(C)[C@](C)(Nc1ccc(-c2cnc3cc(F)ccn23)c2c1C(=O)N(C(=O)OC(C)(C)C)C2)C(=N)[C@H](C)N(C)C. The highest BCUT2D eigenvalue weighted by molar-refractivity contribution is 6.12. The lowest BCUT2D eigenvalue weighted by Crippen LogP contribution is -2.58. The first-order valence-corrected chi connectivity index (χ1v) is 14.6. The van der Waals surface area contributed by atoms with Crippen LogP contribution >= 0.6 is 0 Å². The number of hydrogen-bond donors (Lipinski definition) is 2. The lowest BCUT2D eigenvalue weighted by atomic mass is 9.84. The molecule has 1 unspecified atom stereocenters. The molecule has 1 aliphatic heterocycles. The monoisotopic (exact) mass is 594 g/mol. The van der Waals surface area contributed by atoms with Crippen LogP contribution in [0.5, 0.6) is 0 Å². The maximum absolute atomic E-state index is 14.0. The summed E-state index contributed by atoms with van der Waals surface area (Å²) in [4.78, 5) is 34.7. The normalized spacial score (nSPS) is 16.3. The molecule has 0 aliphatic carbocycles. The number of aromatic nitrogens is 2. The summed E-state index contributed by atoms with van der Waals surface area (Å²) in [5, 5.41) is 12.7. The van der Waals surface area contributed by atoms with Crippen molar-refractivity contribution in [1.29, 1.82) is 5.41 Å². The van der Waals surface area contributed by atoms with E-state index in [9.17, 15) is 19.4 Å². The molecule has 43 heavy (non-hydrogen) atoms. The third-order valence-corrected chi connectivity index (χ3v) is 7.98. The lowest BCUT2D eigenvalue weighted by Gasteiger charge is -2.41. The van der Waals surface area contributed by atoms with Gasteiger partial charge in [-0.25, -0.2) is 19.1 Å². The van der Waals surface area contributed by atoms with Crippen molar-refractivity contribution in [3.05, 3.63) is 53.6 Å². The van der Waals surface area contributed by atoms with Crippen LogP contribution < -0.4 is 5.32 Å². The fourth-order valence-corrected chi connectivity index (χ4v) is 5.21. The zero-order valence-corrected chi connectivity index (χ0v) is 26.5. The highest BCUT2D eigenvalue weighted by Crippen LogP contribution is 2.40. The Morgan fingerprint density at radius 3 is 2.53 bits per heavy atom. The van der Waals surface area contributed by atoms with Gasteiger partial charge in [0, 0.05) is 36.2 Å². The van der Waals surface area contributed by atoms with E-state index in [4.69, 9.17) is 9.47 Å². The molecule has 2 N–H and O–H groups in total. The molecule has 0 saturated heterocycles. The van der Waals surface area contributed by atoms with Gasteiger partial charge in [-0.1, -0.05) is 13.0 Å². The molecule has 0 saturated carbocycles. The second kappa shape index (κ2) is 12.0. The summed E-state index contributed by atoms with van der Waals surface area (Å²) < 4.78 is 27.4. The molecule has 2 aromatic heterocycles. The van der Waals surface area contributed by atoms with Crippen molar-refractivity contribution >= 4 is 29.0 Å². The van der Waals surface area contributed by atoms with Gasteiger partial charge < -0.3 is 25.1 Å². The molecular formula is C32H43FN6O4. The predicted molar refractivity (Wildman–Crippen MR) is 165 cm³/mol. The molecule has 4 rings (SSSR count). The number of imide groups is 1. The number of pyridine rings is 1. The molecule has 3 heterocycles. The molecule has 1 aromatic carbocycles. The number of amides is 2. The van der Waals surface area contributed by atoms with E-state index in [1.807, 2.05) is 52.8 Å². The van der Waals surface area contributed by atoms with Gasteiger partial charge in [-0.2, -0.15) is 0 Å². The van der Waals surface area contributed by atoms with Gasteiger partial charge in [0.25, 0.3) is 5.91 Å². The van der Waals surface area contributed by atoms with Crippen LogP contribution in [0.15, 0.2) is 36.7 Å². The van der Waals surface area contributed by atoms with E-state index in [0.717, 1.165) is 11.3 Å². The summed E-state index contributed by atoms with van der Waals surface area (Å²) in [5.41, 5.74) is 1.69. The molecule has 2 amide bonds. The van der Waals surface area contributed by atoms with Gasteiger partial charge in [0.2, 0.25) is 0 Å². The first-order chi connectivity index (χ1) is 20.1. The molecule has 0 fully saturated rings. The van der Waals surface area contributed by atoms with Gasteiger partial charge in [0.15, 0.2) is 0 Å². The van der Waals surface area contributed by atoms with Crippen LogP contribution in [0, 0.1) is 11.2 Å². The van der Waals surface area contributed by atoms with Crippen molar-refractivity contribution in [2.75, 3.05) is 26.0 Å².